The van der Waals surface area contributed by atoms with Crippen LogP contribution in [0.3, 0.4) is 0 Å². The molecule has 6 heteroatoms. The zero-order valence-corrected chi connectivity index (χ0v) is 12.4. The number of halogens is 1. The van der Waals surface area contributed by atoms with Gasteiger partial charge in [-0.1, -0.05) is 6.07 Å². The Kier molecular flexibility index (Phi) is 3.99. The lowest BCUT2D eigenvalue weighted by Gasteiger charge is -2.06. The molecule has 0 aliphatic heterocycles. The number of aromatic nitrogens is 2. The van der Waals surface area contributed by atoms with Crippen LogP contribution in [0.2, 0.25) is 0 Å². The first-order valence-corrected chi connectivity index (χ1v) is 6.95. The summed E-state index contributed by atoms with van der Waals surface area (Å²) in [7, 11) is 1.46. The molecule has 23 heavy (non-hydrogen) atoms. The smallest absolute Gasteiger partial charge is 0.161 e. The molecule has 0 fully saturated rings. The number of aromatic hydroxyl groups is 1. The Morgan fingerprint density at radius 3 is 2.74 bits per heavy atom. The third-order valence-electron chi connectivity index (χ3n) is 3.49. The second-order valence-corrected chi connectivity index (χ2v) is 4.97. The van der Waals surface area contributed by atoms with Crippen molar-refractivity contribution >= 4 is 0 Å². The van der Waals surface area contributed by atoms with Gasteiger partial charge < -0.3 is 14.9 Å². The van der Waals surface area contributed by atoms with Gasteiger partial charge in [0, 0.05) is 17.3 Å². The fraction of sp³-hybridized carbons (Fsp3) is 0.118. The van der Waals surface area contributed by atoms with Crippen LogP contribution in [0.15, 0.2) is 48.7 Å². The Morgan fingerprint density at radius 2 is 2.04 bits per heavy atom. The molecular formula is C17H15FN2O3. The lowest BCUT2D eigenvalue weighted by atomic mass is 10.1. The van der Waals surface area contributed by atoms with E-state index in [9.17, 15) is 14.6 Å². The van der Waals surface area contributed by atoms with Crippen LogP contribution in [0.4, 0.5) is 4.39 Å². The van der Waals surface area contributed by atoms with Gasteiger partial charge in [-0.3, -0.25) is 0 Å². The predicted octanol–water partition coefficient (Wildman–Crippen LogP) is 2.88. The topological polar surface area (TPSA) is 67.5 Å². The average molecular weight is 314 g/mol. The molecule has 1 heterocycles. The van der Waals surface area contributed by atoms with Gasteiger partial charge in [0.25, 0.3) is 0 Å². The summed E-state index contributed by atoms with van der Waals surface area (Å²) >= 11 is 0. The maximum atomic E-state index is 13.4. The van der Waals surface area contributed by atoms with E-state index in [-0.39, 0.29) is 18.2 Å². The van der Waals surface area contributed by atoms with Crippen LogP contribution in [0.5, 0.6) is 11.5 Å². The van der Waals surface area contributed by atoms with Crippen LogP contribution >= 0.6 is 0 Å². The average Bonchev–Trinajstić information content (AvgIpc) is 2.99. The van der Waals surface area contributed by atoms with Crippen LogP contribution in [0, 0.1) is 5.82 Å². The van der Waals surface area contributed by atoms with Gasteiger partial charge in [-0.2, -0.15) is 5.10 Å². The van der Waals surface area contributed by atoms with Crippen molar-refractivity contribution in [2.75, 3.05) is 7.11 Å². The number of hydrogen-bond acceptors (Lipinski definition) is 4. The number of benzene rings is 2. The Hall–Kier alpha value is -2.86. The zero-order valence-electron chi connectivity index (χ0n) is 12.4. The van der Waals surface area contributed by atoms with Crippen LogP contribution < -0.4 is 4.74 Å². The van der Waals surface area contributed by atoms with Crippen molar-refractivity contribution in [2.24, 2.45) is 0 Å². The van der Waals surface area contributed by atoms with Gasteiger partial charge in [-0.15, -0.1) is 0 Å². The Morgan fingerprint density at radius 1 is 1.22 bits per heavy atom. The Balaban J connectivity index is 2.09. The minimum absolute atomic E-state index is 0.0198. The molecular weight excluding hydrogens is 299 g/mol. The quantitative estimate of drug-likeness (QED) is 0.777. The van der Waals surface area contributed by atoms with Crippen molar-refractivity contribution in [3.05, 3.63) is 60.0 Å². The van der Waals surface area contributed by atoms with Gasteiger partial charge in [0.15, 0.2) is 11.5 Å². The second kappa shape index (κ2) is 6.10. The molecule has 0 radical (unpaired) electrons. The van der Waals surface area contributed by atoms with E-state index < -0.39 is 0 Å². The highest BCUT2D eigenvalue weighted by molar-refractivity contribution is 5.66. The number of methoxy groups -OCH3 is 1. The summed E-state index contributed by atoms with van der Waals surface area (Å²) in [5, 5.41) is 23.7. The predicted molar refractivity (Wildman–Crippen MR) is 83.1 cm³/mol. The van der Waals surface area contributed by atoms with E-state index in [1.165, 1.54) is 30.0 Å². The summed E-state index contributed by atoms with van der Waals surface area (Å²) in [6.07, 6.45) is 1.64. The molecule has 118 valence electrons. The van der Waals surface area contributed by atoms with E-state index in [1.807, 2.05) is 0 Å². The van der Waals surface area contributed by atoms with Crippen LogP contribution in [-0.2, 0) is 6.61 Å². The largest absolute Gasteiger partial charge is 0.504 e. The molecule has 0 spiro atoms. The van der Waals surface area contributed by atoms with Crippen LogP contribution in [-0.4, -0.2) is 27.1 Å². The Labute approximate surface area is 132 Å². The molecule has 0 aliphatic carbocycles. The number of hydrogen-bond donors (Lipinski definition) is 2. The number of aliphatic hydroxyl groups excluding tert-OH is 1. The van der Waals surface area contributed by atoms with Crippen LogP contribution in [0.1, 0.15) is 5.56 Å². The molecule has 0 aliphatic rings. The lowest BCUT2D eigenvalue weighted by molar-refractivity contribution is 0.282. The summed E-state index contributed by atoms with van der Waals surface area (Å²) in [6, 6.07) is 10.8. The molecule has 5 nitrogen and oxygen atoms in total. The summed E-state index contributed by atoms with van der Waals surface area (Å²) in [5.41, 5.74) is 2.35. The minimum Gasteiger partial charge on any atom is -0.504 e. The van der Waals surface area contributed by atoms with Gasteiger partial charge in [-0.25, -0.2) is 9.07 Å². The fourth-order valence-corrected chi connectivity index (χ4v) is 2.34. The Bertz CT molecular complexity index is 846. The van der Waals surface area contributed by atoms with Crippen molar-refractivity contribution in [1.29, 1.82) is 0 Å². The fourth-order valence-electron chi connectivity index (χ4n) is 2.34. The lowest BCUT2D eigenvalue weighted by Crippen LogP contribution is -1.95. The summed E-state index contributed by atoms with van der Waals surface area (Å²) in [4.78, 5) is 0. The summed E-state index contributed by atoms with van der Waals surface area (Å²) in [5.74, 6) is -0.0329. The molecule has 0 unspecified atom stereocenters. The first kappa shape index (κ1) is 15.1. The maximum Gasteiger partial charge on any atom is 0.161 e. The number of phenols is 1. The van der Waals surface area contributed by atoms with E-state index in [4.69, 9.17) is 4.74 Å². The first-order valence-electron chi connectivity index (χ1n) is 6.95. The summed E-state index contributed by atoms with van der Waals surface area (Å²) in [6.45, 7) is -0.214. The van der Waals surface area contributed by atoms with E-state index in [0.29, 0.717) is 28.3 Å². The molecule has 0 saturated heterocycles. The monoisotopic (exact) mass is 314 g/mol. The van der Waals surface area contributed by atoms with E-state index >= 15 is 0 Å². The molecule has 0 amide bonds. The van der Waals surface area contributed by atoms with E-state index in [1.54, 1.807) is 30.5 Å². The van der Waals surface area contributed by atoms with Gasteiger partial charge in [0.1, 0.15) is 5.82 Å². The highest BCUT2D eigenvalue weighted by Crippen LogP contribution is 2.32. The first-order chi connectivity index (χ1) is 11.1. The maximum absolute atomic E-state index is 13.4. The molecule has 3 rings (SSSR count). The second-order valence-electron chi connectivity index (χ2n) is 4.97. The van der Waals surface area contributed by atoms with Crippen molar-refractivity contribution in [1.82, 2.24) is 9.78 Å². The zero-order chi connectivity index (χ0) is 16.4. The van der Waals surface area contributed by atoms with E-state index in [0.717, 1.165) is 0 Å². The highest BCUT2D eigenvalue weighted by Gasteiger charge is 2.14. The third-order valence-corrected chi connectivity index (χ3v) is 3.49. The minimum atomic E-state index is -0.364. The molecule has 2 aromatic carbocycles. The van der Waals surface area contributed by atoms with E-state index in [2.05, 4.69) is 5.10 Å². The number of phenolic OH excluding ortho intramolecular Hbond substituents is 1. The number of ether oxygens (including phenoxy) is 1. The molecule has 1 aromatic heterocycles. The summed E-state index contributed by atoms with van der Waals surface area (Å²) < 4.78 is 20.0. The standard InChI is InChI=1S/C17H15FN2O3/c1-23-16-7-11(5-6-15(16)22)17-12(10-21)9-20(19-17)14-4-2-3-13(18)8-14/h2-9,21-22H,10H2,1H3. The number of rotatable bonds is 4. The highest BCUT2D eigenvalue weighted by atomic mass is 19.1. The molecule has 2 N–H and O–H groups in total. The van der Waals surface area contributed by atoms with Gasteiger partial charge in [-0.05, 0) is 36.4 Å². The van der Waals surface area contributed by atoms with Gasteiger partial charge in [0.2, 0.25) is 0 Å². The van der Waals surface area contributed by atoms with Gasteiger partial charge >= 0.3 is 0 Å². The number of aliphatic hydroxyl groups is 1. The van der Waals surface area contributed by atoms with Gasteiger partial charge in [0.05, 0.1) is 25.1 Å². The van der Waals surface area contributed by atoms with Crippen molar-refractivity contribution < 1.29 is 19.3 Å². The molecule has 3 aromatic rings. The van der Waals surface area contributed by atoms with Crippen molar-refractivity contribution in [3.8, 4) is 28.4 Å². The SMILES string of the molecule is COc1cc(-c2nn(-c3cccc(F)c3)cc2CO)ccc1O. The third kappa shape index (κ3) is 2.89. The molecule has 0 atom stereocenters. The molecule has 0 bridgehead atoms. The normalized spacial score (nSPS) is 10.7. The van der Waals surface area contributed by atoms with Crippen LogP contribution in [0.25, 0.3) is 16.9 Å². The van der Waals surface area contributed by atoms with Crippen molar-refractivity contribution in [2.45, 2.75) is 6.61 Å². The number of nitrogens with zero attached hydrogens (tertiary/aromatic N) is 2. The van der Waals surface area contributed by atoms with Crippen molar-refractivity contribution in [3.63, 3.8) is 0 Å². The molecule has 0 saturated carbocycles.